The van der Waals surface area contributed by atoms with Crippen LogP contribution in [0, 0.1) is 5.41 Å². The van der Waals surface area contributed by atoms with Gasteiger partial charge in [0, 0.05) is 17.4 Å². The van der Waals surface area contributed by atoms with Gasteiger partial charge in [-0.15, -0.1) is 0 Å². The van der Waals surface area contributed by atoms with Crippen molar-refractivity contribution in [2.24, 2.45) is 5.41 Å². The molecule has 1 unspecified atom stereocenters. The SMILES string of the molecule is COc1ccc(Cn2c3c(c4cc(C(=O)O)ccc42)C2(CC2)CC(C)(C)C3O)cc1. The number of ether oxygens (including phenoxy) is 1. The van der Waals surface area contributed by atoms with Crippen molar-refractivity contribution in [2.75, 3.05) is 7.11 Å². The van der Waals surface area contributed by atoms with Crippen molar-refractivity contribution in [3.05, 3.63) is 64.8 Å². The van der Waals surface area contributed by atoms with Gasteiger partial charge in [0.25, 0.3) is 0 Å². The average molecular weight is 405 g/mol. The summed E-state index contributed by atoms with van der Waals surface area (Å²) in [6, 6.07) is 13.3. The summed E-state index contributed by atoms with van der Waals surface area (Å²) >= 11 is 0. The molecule has 3 aromatic rings. The van der Waals surface area contributed by atoms with Gasteiger partial charge in [-0.25, -0.2) is 4.79 Å². The largest absolute Gasteiger partial charge is 0.497 e. The van der Waals surface area contributed by atoms with Crippen molar-refractivity contribution in [1.82, 2.24) is 4.57 Å². The molecule has 0 aliphatic heterocycles. The molecule has 2 N–H and O–H groups in total. The van der Waals surface area contributed by atoms with Gasteiger partial charge >= 0.3 is 5.97 Å². The minimum Gasteiger partial charge on any atom is -0.497 e. The predicted molar refractivity (Wildman–Crippen MR) is 115 cm³/mol. The highest BCUT2D eigenvalue weighted by molar-refractivity contribution is 5.96. The second-order valence-corrected chi connectivity index (χ2v) is 9.58. The lowest BCUT2D eigenvalue weighted by Gasteiger charge is -2.41. The van der Waals surface area contributed by atoms with Gasteiger partial charge in [0.1, 0.15) is 5.75 Å². The lowest BCUT2D eigenvalue weighted by Crippen LogP contribution is -2.35. The first-order valence-corrected chi connectivity index (χ1v) is 10.5. The number of nitrogens with zero attached hydrogens (tertiary/aromatic N) is 1. The lowest BCUT2D eigenvalue weighted by atomic mass is 9.67. The van der Waals surface area contributed by atoms with Crippen molar-refractivity contribution in [3.8, 4) is 5.75 Å². The molecule has 0 amide bonds. The van der Waals surface area contributed by atoms with E-state index in [9.17, 15) is 15.0 Å². The van der Waals surface area contributed by atoms with Crippen LogP contribution in [0.4, 0.5) is 0 Å². The fraction of sp³-hybridized carbons (Fsp3) is 0.400. The lowest BCUT2D eigenvalue weighted by molar-refractivity contribution is 0.0171. The molecule has 1 spiro atoms. The number of aliphatic hydroxyl groups is 1. The van der Waals surface area contributed by atoms with Crippen LogP contribution in [-0.4, -0.2) is 27.9 Å². The van der Waals surface area contributed by atoms with E-state index in [0.29, 0.717) is 12.1 Å². The first-order chi connectivity index (χ1) is 14.3. The van der Waals surface area contributed by atoms with Crippen molar-refractivity contribution in [3.63, 3.8) is 0 Å². The predicted octanol–water partition coefficient (Wildman–Crippen LogP) is 4.89. The molecule has 0 saturated heterocycles. The molecule has 2 aliphatic carbocycles. The molecule has 5 nitrogen and oxygen atoms in total. The first-order valence-electron chi connectivity index (χ1n) is 10.5. The Labute approximate surface area is 175 Å². The van der Waals surface area contributed by atoms with Gasteiger partial charge in [-0.3, -0.25) is 0 Å². The van der Waals surface area contributed by atoms with Crippen LogP contribution in [0.15, 0.2) is 42.5 Å². The Morgan fingerprint density at radius 1 is 1.17 bits per heavy atom. The van der Waals surface area contributed by atoms with Gasteiger partial charge in [-0.1, -0.05) is 26.0 Å². The Hall–Kier alpha value is -2.79. The van der Waals surface area contributed by atoms with Gasteiger partial charge in [0.2, 0.25) is 0 Å². The summed E-state index contributed by atoms with van der Waals surface area (Å²) in [5.41, 5.74) is 4.34. The van der Waals surface area contributed by atoms with Gasteiger partial charge in [0.05, 0.1) is 24.5 Å². The first kappa shape index (κ1) is 19.2. The molecular formula is C25H27NO4. The number of hydrogen-bond donors (Lipinski definition) is 2. The third-order valence-electron chi connectivity index (χ3n) is 7.03. The number of fused-ring (bicyclic) bond motifs is 4. The maximum Gasteiger partial charge on any atom is 0.335 e. The fourth-order valence-electron chi connectivity index (χ4n) is 5.44. The van der Waals surface area contributed by atoms with Gasteiger partial charge in [-0.2, -0.15) is 0 Å². The maximum atomic E-state index is 11.6. The van der Waals surface area contributed by atoms with E-state index in [-0.39, 0.29) is 10.8 Å². The Morgan fingerprint density at radius 3 is 2.47 bits per heavy atom. The third kappa shape index (κ3) is 2.76. The normalized spacial score (nSPS) is 20.9. The summed E-state index contributed by atoms with van der Waals surface area (Å²) in [5, 5.41) is 21.9. The summed E-state index contributed by atoms with van der Waals surface area (Å²) in [4.78, 5) is 11.6. The van der Waals surface area contributed by atoms with E-state index in [0.717, 1.165) is 47.2 Å². The molecule has 2 aromatic carbocycles. The molecule has 1 fully saturated rings. The zero-order valence-electron chi connectivity index (χ0n) is 17.6. The second-order valence-electron chi connectivity index (χ2n) is 9.58. The standard InChI is InChI=1S/C25H27NO4/c1-24(2)14-25(10-11-25)20-18-12-16(23(28)29)6-9-19(18)26(21(20)22(24)27)13-15-4-7-17(30-3)8-5-15/h4-9,12,22,27H,10-11,13-14H2,1-3H3,(H,28,29). The smallest absolute Gasteiger partial charge is 0.335 e. The number of benzene rings is 2. The van der Waals surface area contributed by atoms with E-state index < -0.39 is 12.1 Å². The van der Waals surface area contributed by atoms with Crippen LogP contribution in [0.25, 0.3) is 10.9 Å². The molecule has 1 atom stereocenters. The summed E-state index contributed by atoms with van der Waals surface area (Å²) < 4.78 is 7.48. The van der Waals surface area contributed by atoms with Crippen molar-refractivity contribution in [2.45, 2.75) is 51.2 Å². The molecular weight excluding hydrogens is 378 g/mol. The number of aromatic carboxylic acids is 1. The summed E-state index contributed by atoms with van der Waals surface area (Å²) in [6.45, 7) is 4.89. The number of rotatable bonds is 4. The summed E-state index contributed by atoms with van der Waals surface area (Å²) in [5.74, 6) is -0.113. The molecule has 1 aromatic heterocycles. The summed E-state index contributed by atoms with van der Waals surface area (Å²) in [7, 11) is 1.65. The minimum absolute atomic E-state index is 0.0542. The van der Waals surface area contributed by atoms with E-state index >= 15 is 0 Å². The van der Waals surface area contributed by atoms with Gasteiger partial charge in [0.15, 0.2) is 0 Å². The Bertz CT molecular complexity index is 1150. The molecule has 1 heterocycles. The third-order valence-corrected chi connectivity index (χ3v) is 7.03. The zero-order valence-corrected chi connectivity index (χ0v) is 17.6. The maximum absolute atomic E-state index is 11.6. The topological polar surface area (TPSA) is 71.7 Å². The highest BCUT2D eigenvalue weighted by atomic mass is 16.5. The molecule has 156 valence electrons. The molecule has 2 aliphatic rings. The number of methoxy groups -OCH3 is 1. The molecule has 5 heteroatoms. The van der Waals surface area contributed by atoms with Crippen molar-refractivity contribution >= 4 is 16.9 Å². The monoisotopic (exact) mass is 405 g/mol. The second kappa shape index (κ2) is 6.35. The Balaban J connectivity index is 1.75. The quantitative estimate of drug-likeness (QED) is 0.648. The number of carbonyl (C=O) groups is 1. The van der Waals surface area contributed by atoms with Crippen molar-refractivity contribution in [1.29, 1.82) is 0 Å². The van der Waals surface area contributed by atoms with Crippen LogP contribution in [-0.2, 0) is 12.0 Å². The van der Waals surface area contributed by atoms with E-state index in [1.807, 2.05) is 30.3 Å². The van der Waals surface area contributed by atoms with E-state index in [1.165, 1.54) is 5.56 Å². The van der Waals surface area contributed by atoms with Gasteiger partial charge in [-0.05, 0) is 71.6 Å². The highest BCUT2D eigenvalue weighted by Crippen LogP contribution is 2.64. The summed E-state index contributed by atoms with van der Waals surface area (Å²) in [6.07, 6.45) is 2.51. The zero-order chi connectivity index (χ0) is 21.3. The van der Waals surface area contributed by atoms with Crippen LogP contribution in [0.3, 0.4) is 0 Å². The van der Waals surface area contributed by atoms with Crippen LogP contribution >= 0.6 is 0 Å². The molecule has 5 rings (SSSR count). The number of aromatic nitrogens is 1. The van der Waals surface area contributed by atoms with E-state index in [4.69, 9.17) is 4.74 Å². The molecule has 1 saturated carbocycles. The molecule has 0 radical (unpaired) electrons. The van der Waals surface area contributed by atoms with Crippen LogP contribution in [0.5, 0.6) is 5.75 Å². The number of hydrogen-bond acceptors (Lipinski definition) is 3. The Kier molecular flexibility index (Phi) is 4.06. The highest BCUT2D eigenvalue weighted by Gasteiger charge is 2.57. The van der Waals surface area contributed by atoms with Crippen LogP contribution < -0.4 is 4.74 Å². The van der Waals surface area contributed by atoms with Gasteiger partial charge < -0.3 is 19.5 Å². The number of carboxylic acid groups (broad SMARTS) is 1. The Morgan fingerprint density at radius 2 is 1.87 bits per heavy atom. The van der Waals surface area contributed by atoms with E-state index in [2.05, 4.69) is 18.4 Å². The number of aliphatic hydroxyl groups excluding tert-OH is 1. The number of carboxylic acids is 1. The van der Waals surface area contributed by atoms with Crippen LogP contribution in [0.2, 0.25) is 0 Å². The van der Waals surface area contributed by atoms with E-state index in [1.54, 1.807) is 19.2 Å². The average Bonchev–Trinajstić information content (AvgIpc) is 3.40. The molecule has 30 heavy (non-hydrogen) atoms. The van der Waals surface area contributed by atoms with Crippen molar-refractivity contribution < 1.29 is 19.7 Å². The molecule has 0 bridgehead atoms. The van der Waals surface area contributed by atoms with Crippen LogP contribution in [0.1, 0.15) is 66.4 Å². The minimum atomic E-state index is -0.921. The fourth-order valence-corrected chi connectivity index (χ4v) is 5.44.